The summed E-state index contributed by atoms with van der Waals surface area (Å²) in [7, 11) is 0. The molecule has 130 valence electrons. The molecule has 0 bridgehead atoms. The molecular formula is C19H16N4O3. The van der Waals surface area contributed by atoms with E-state index in [1.807, 2.05) is 30.3 Å². The molecule has 1 aliphatic rings. The minimum Gasteiger partial charge on any atom is -0.454 e. The monoisotopic (exact) mass is 348 g/mol. The first-order valence-electron chi connectivity index (χ1n) is 8.10. The summed E-state index contributed by atoms with van der Waals surface area (Å²) in [6, 6.07) is 18.5. The van der Waals surface area contributed by atoms with E-state index in [0.717, 1.165) is 5.56 Å². The number of fused-ring (bicyclic) bond motifs is 1. The molecule has 1 amide bonds. The van der Waals surface area contributed by atoms with Crippen LogP contribution in [-0.4, -0.2) is 22.9 Å². The Morgan fingerprint density at radius 3 is 2.62 bits per heavy atom. The summed E-state index contributed by atoms with van der Waals surface area (Å²) >= 11 is 0. The van der Waals surface area contributed by atoms with E-state index in [0.29, 0.717) is 29.5 Å². The van der Waals surface area contributed by atoms with Crippen molar-refractivity contribution in [2.24, 2.45) is 0 Å². The van der Waals surface area contributed by atoms with Crippen LogP contribution in [0.25, 0.3) is 0 Å². The second-order valence-electron chi connectivity index (χ2n) is 5.67. The van der Waals surface area contributed by atoms with Gasteiger partial charge in [-0.25, -0.2) is 0 Å². The summed E-state index contributed by atoms with van der Waals surface area (Å²) in [5.41, 5.74) is 1.97. The molecule has 0 aliphatic carbocycles. The van der Waals surface area contributed by atoms with Crippen LogP contribution in [0.1, 0.15) is 16.1 Å². The smallest absolute Gasteiger partial charge is 0.276 e. The van der Waals surface area contributed by atoms with Gasteiger partial charge < -0.3 is 20.1 Å². The van der Waals surface area contributed by atoms with Crippen molar-refractivity contribution in [1.29, 1.82) is 0 Å². The van der Waals surface area contributed by atoms with Gasteiger partial charge in [0.25, 0.3) is 5.91 Å². The van der Waals surface area contributed by atoms with Crippen LogP contribution >= 0.6 is 0 Å². The average Bonchev–Trinajstić information content (AvgIpc) is 3.15. The predicted molar refractivity (Wildman–Crippen MR) is 96.3 cm³/mol. The molecule has 1 aliphatic heterocycles. The molecular weight excluding hydrogens is 332 g/mol. The van der Waals surface area contributed by atoms with Crippen molar-refractivity contribution >= 4 is 17.4 Å². The van der Waals surface area contributed by atoms with E-state index in [1.54, 1.807) is 30.3 Å². The Balaban J connectivity index is 1.37. The zero-order valence-corrected chi connectivity index (χ0v) is 13.8. The number of hydrogen-bond acceptors (Lipinski definition) is 6. The molecule has 0 saturated carbocycles. The van der Waals surface area contributed by atoms with E-state index in [4.69, 9.17) is 9.47 Å². The molecule has 2 heterocycles. The second kappa shape index (κ2) is 7.10. The Hall–Kier alpha value is -3.61. The summed E-state index contributed by atoms with van der Waals surface area (Å²) in [6.07, 6.45) is 0. The molecule has 0 spiro atoms. The molecule has 0 saturated heterocycles. The molecule has 26 heavy (non-hydrogen) atoms. The normalized spacial score (nSPS) is 11.8. The van der Waals surface area contributed by atoms with Gasteiger partial charge in [-0.1, -0.05) is 30.3 Å². The number of carbonyl (C=O) groups excluding carboxylic acids is 1. The third-order valence-corrected chi connectivity index (χ3v) is 3.84. The maximum absolute atomic E-state index is 12.3. The van der Waals surface area contributed by atoms with Crippen molar-refractivity contribution in [3.8, 4) is 11.5 Å². The van der Waals surface area contributed by atoms with Gasteiger partial charge >= 0.3 is 0 Å². The van der Waals surface area contributed by atoms with Gasteiger partial charge in [0, 0.05) is 18.3 Å². The van der Waals surface area contributed by atoms with Crippen molar-refractivity contribution in [3.05, 3.63) is 71.9 Å². The highest BCUT2D eigenvalue weighted by atomic mass is 16.7. The van der Waals surface area contributed by atoms with Crippen molar-refractivity contribution in [1.82, 2.24) is 10.2 Å². The van der Waals surface area contributed by atoms with Gasteiger partial charge in [0.05, 0.1) is 0 Å². The Labute approximate surface area is 150 Å². The molecule has 4 rings (SSSR count). The van der Waals surface area contributed by atoms with Gasteiger partial charge in [0.2, 0.25) is 6.79 Å². The van der Waals surface area contributed by atoms with Crippen LogP contribution in [0.5, 0.6) is 11.5 Å². The minimum absolute atomic E-state index is 0.190. The number of carbonyl (C=O) groups is 1. The van der Waals surface area contributed by atoms with Gasteiger partial charge in [-0.2, -0.15) is 0 Å². The lowest BCUT2D eigenvalue weighted by Crippen LogP contribution is -2.14. The molecule has 7 nitrogen and oxygen atoms in total. The van der Waals surface area contributed by atoms with Crippen molar-refractivity contribution in [2.45, 2.75) is 6.54 Å². The molecule has 1 aromatic heterocycles. The quantitative estimate of drug-likeness (QED) is 0.737. The fraction of sp³-hybridized carbons (Fsp3) is 0.105. The highest BCUT2D eigenvalue weighted by Gasteiger charge is 2.15. The first-order valence-corrected chi connectivity index (χ1v) is 8.10. The summed E-state index contributed by atoms with van der Waals surface area (Å²) in [5, 5.41) is 14.0. The number of anilines is 2. The molecule has 0 atom stereocenters. The van der Waals surface area contributed by atoms with Crippen LogP contribution in [0.3, 0.4) is 0 Å². The fourth-order valence-corrected chi connectivity index (χ4v) is 2.51. The lowest BCUT2D eigenvalue weighted by molar-refractivity contribution is 0.102. The number of rotatable bonds is 5. The number of ether oxygens (including phenoxy) is 2. The number of nitrogens with zero attached hydrogens (tertiary/aromatic N) is 2. The molecule has 7 heteroatoms. The predicted octanol–water partition coefficient (Wildman–Crippen LogP) is 3.07. The third-order valence-electron chi connectivity index (χ3n) is 3.84. The third kappa shape index (κ3) is 3.56. The van der Waals surface area contributed by atoms with E-state index in [1.165, 1.54) is 0 Å². The Bertz CT molecular complexity index is 914. The Morgan fingerprint density at radius 2 is 1.81 bits per heavy atom. The molecule has 0 unspecified atom stereocenters. The highest BCUT2D eigenvalue weighted by Crippen LogP contribution is 2.34. The lowest BCUT2D eigenvalue weighted by atomic mass is 10.2. The lowest BCUT2D eigenvalue weighted by Gasteiger charge is -2.07. The van der Waals surface area contributed by atoms with Crippen LogP contribution in [0, 0.1) is 0 Å². The minimum atomic E-state index is -0.342. The van der Waals surface area contributed by atoms with Gasteiger partial charge in [0.1, 0.15) is 5.82 Å². The first kappa shape index (κ1) is 15.9. The van der Waals surface area contributed by atoms with Crippen LogP contribution < -0.4 is 20.1 Å². The zero-order valence-electron chi connectivity index (χ0n) is 13.8. The first-order chi connectivity index (χ1) is 12.8. The number of aromatic nitrogens is 2. The summed E-state index contributed by atoms with van der Waals surface area (Å²) in [4.78, 5) is 12.3. The van der Waals surface area contributed by atoms with Crippen LogP contribution in [-0.2, 0) is 6.54 Å². The summed E-state index contributed by atoms with van der Waals surface area (Å²) in [5.74, 6) is 1.53. The zero-order chi connectivity index (χ0) is 17.8. The van der Waals surface area contributed by atoms with E-state index < -0.39 is 0 Å². The molecule has 2 aromatic carbocycles. The van der Waals surface area contributed by atoms with Gasteiger partial charge in [-0.3, -0.25) is 4.79 Å². The van der Waals surface area contributed by atoms with Gasteiger partial charge in [-0.05, 0) is 29.8 Å². The number of nitrogens with one attached hydrogen (secondary N) is 2. The topological polar surface area (TPSA) is 85.4 Å². The van der Waals surface area contributed by atoms with Crippen LogP contribution in [0.4, 0.5) is 11.5 Å². The van der Waals surface area contributed by atoms with Crippen molar-refractivity contribution < 1.29 is 14.3 Å². The van der Waals surface area contributed by atoms with Crippen LogP contribution in [0.15, 0.2) is 60.7 Å². The van der Waals surface area contributed by atoms with Crippen molar-refractivity contribution in [2.75, 3.05) is 17.4 Å². The van der Waals surface area contributed by atoms with Crippen molar-refractivity contribution in [3.63, 3.8) is 0 Å². The fourth-order valence-electron chi connectivity index (χ4n) is 2.51. The maximum Gasteiger partial charge on any atom is 0.276 e. The molecule has 3 aromatic rings. The van der Waals surface area contributed by atoms with E-state index in [9.17, 15) is 4.79 Å². The van der Waals surface area contributed by atoms with E-state index >= 15 is 0 Å². The summed E-state index contributed by atoms with van der Waals surface area (Å²) < 4.78 is 10.5. The second-order valence-corrected chi connectivity index (χ2v) is 5.67. The number of hydrogen-bond donors (Lipinski definition) is 2. The van der Waals surface area contributed by atoms with Gasteiger partial charge in [0.15, 0.2) is 17.2 Å². The highest BCUT2D eigenvalue weighted by molar-refractivity contribution is 6.03. The molecule has 2 N–H and O–H groups in total. The SMILES string of the molecule is O=C(Nc1ccc2c(c1)OCO2)c1ccc(NCc2ccccc2)nn1. The Kier molecular flexibility index (Phi) is 4.34. The van der Waals surface area contributed by atoms with E-state index in [2.05, 4.69) is 20.8 Å². The Morgan fingerprint density at radius 1 is 0.962 bits per heavy atom. The van der Waals surface area contributed by atoms with Gasteiger partial charge in [-0.15, -0.1) is 10.2 Å². The molecule has 0 radical (unpaired) electrons. The summed E-state index contributed by atoms with van der Waals surface area (Å²) in [6.45, 7) is 0.827. The number of amides is 1. The number of benzene rings is 2. The largest absolute Gasteiger partial charge is 0.454 e. The standard InChI is InChI=1S/C19H16N4O3/c24-19(21-14-6-8-16-17(10-14)26-12-25-16)15-7-9-18(23-22-15)20-11-13-4-2-1-3-5-13/h1-10H,11-12H2,(H,20,23)(H,21,24). The van der Waals surface area contributed by atoms with E-state index in [-0.39, 0.29) is 18.4 Å². The maximum atomic E-state index is 12.3. The van der Waals surface area contributed by atoms with Crippen LogP contribution in [0.2, 0.25) is 0 Å². The molecule has 0 fully saturated rings. The average molecular weight is 348 g/mol.